The quantitative estimate of drug-likeness (QED) is 0.698. The van der Waals surface area contributed by atoms with Gasteiger partial charge in [-0.15, -0.1) is 0 Å². The summed E-state index contributed by atoms with van der Waals surface area (Å²) in [5.41, 5.74) is 2.65. The van der Waals surface area contributed by atoms with Crippen molar-refractivity contribution in [2.45, 2.75) is 13.3 Å². The lowest BCUT2D eigenvalue weighted by molar-refractivity contribution is 0.125. The molecule has 7 nitrogen and oxygen atoms in total. The molecule has 1 heterocycles. The number of carbonyl (C=O) groups is 1. The van der Waals surface area contributed by atoms with Gasteiger partial charge in [0.25, 0.3) is 0 Å². The highest BCUT2D eigenvalue weighted by atomic mass is 79.9. The Kier molecular flexibility index (Phi) is 6.22. The molecule has 0 bridgehead atoms. The molecule has 0 aliphatic carbocycles. The molecule has 154 valence electrons. The van der Waals surface area contributed by atoms with Gasteiger partial charge in [0.2, 0.25) is 5.75 Å². The molecule has 8 heteroatoms. The predicted octanol–water partition coefficient (Wildman–Crippen LogP) is 4.39. The van der Waals surface area contributed by atoms with Gasteiger partial charge < -0.3 is 24.4 Å². The van der Waals surface area contributed by atoms with Crippen molar-refractivity contribution in [3.8, 4) is 23.0 Å². The molecule has 2 N–H and O–H groups in total. The van der Waals surface area contributed by atoms with Crippen molar-refractivity contribution in [1.29, 1.82) is 0 Å². The molecular formula is C21H22BrNO6. The summed E-state index contributed by atoms with van der Waals surface area (Å²) in [6.45, 7) is 2.33. The minimum Gasteiger partial charge on any atom is -0.508 e. The van der Waals surface area contributed by atoms with Crippen LogP contribution in [0.2, 0.25) is 0 Å². The number of phenolic OH excluding ortho intramolecular Hbond substituents is 2. The number of benzene rings is 2. The van der Waals surface area contributed by atoms with E-state index >= 15 is 0 Å². The molecule has 1 aliphatic heterocycles. The highest BCUT2D eigenvalue weighted by Gasteiger charge is 2.31. The van der Waals surface area contributed by atoms with Crippen LogP contribution in [0.15, 0.2) is 28.7 Å². The van der Waals surface area contributed by atoms with Crippen LogP contribution in [0, 0.1) is 0 Å². The molecule has 0 spiro atoms. The number of rotatable bonds is 4. The molecule has 0 atom stereocenters. The van der Waals surface area contributed by atoms with E-state index in [9.17, 15) is 15.0 Å². The maximum absolute atomic E-state index is 12.6. The van der Waals surface area contributed by atoms with Crippen LogP contribution in [0.3, 0.4) is 0 Å². The lowest BCUT2D eigenvalue weighted by Gasteiger charge is -2.32. The molecule has 0 fully saturated rings. The topological polar surface area (TPSA) is 88.5 Å². The molecule has 29 heavy (non-hydrogen) atoms. The summed E-state index contributed by atoms with van der Waals surface area (Å²) in [6, 6.07) is 6.54. The Balaban J connectivity index is 2.26. The number of aromatic hydroxyl groups is 2. The summed E-state index contributed by atoms with van der Waals surface area (Å²) < 4.78 is 16.7. The lowest BCUT2D eigenvalue weighted by Crippen LogP contribution is -2.35. The second kappa shape index (κ2) is 8.65. The van der Waals surface area contributed by atoms with Gasteiger partial charge in [0.15, 0.2) is 11.5 Å². The summed E-state index contributed by atoms with van der Waals surface area (Å²) >= 11 is 3.47. The highest BCUT2D eigenvalue weighted by molar-refractivity contribution is 9.10. The number of phenols is 2. The zero-order valence-corrected chi connectivity index (χ0v) is 17.9. The van der Waals surface area contributed by atoms with Gasteiger partial charge in [0.1, 0.15) is 5.75 Å². The van der Waals surface area contributed by atoms with Gasteiger partial charge in [-0.05, 0) is 49.2 Å². The summed E-state index contributed by atoms with van der Waals surface area (Å²) in [5, 5.41) is 20.3. The standard InChI is InChI=1S/C21H22BrNO6/c1-4-29-21(26)23-8-7-14-15(11-18(27-2)19(25)20(14)28-3)17(23)10-12-9-13(24)5-6-16(12)22/h5-6,9-11,24-25H,4,7-8H2,1-3H3/b17-10-. The third-order valence-corrected chi connectivity index (χ3v) is 5.38. The van der Waals surface area contributed by atoms with Gasteiger partial charge in [-0.1, -0.05) is 15.9 Å². The number of hydrogen-bond donors (Lipinski definition) is 2. The number of carbonyl (C=O) groups excluding carboxylic acids is 1. The fourth-order valence-electron chi connectivity index (χ4n) is 3.34. The predicted molar refractivity (Wildman–Crippen MR) is 112 cm³/mol. The Morgan fingerprint density at radius 2 is 2.00 bits per heavy atom. The SMILES string of the molecule is CCOC(=O)N1CCc2c(cc(OC)c(O)c2OC)/C1=C/c1cc(O)ccc1Br. The van der Waals surface area contributed by atoms with E-state index in [-0.39, 0.29) is 23.9 Å². The van der Waals surface area contributed by atoms with Crippen LogP contribution in [-0.4, -0.2) is 48.6 Å². The maximum Gasteiger partial charge on any atom is 0.414 e. The van der Waals surface area contributed by atoms with E-state index in [1.54, 1.807) is 37.3 Å². The number of methoxy groups -OCH3 is 2. The zero-order chi connectivity index (χ0) is 21.1. The van der Waals surface area contributed by atoms with Gasteiger partial charge >= 0.3 is 6.09 Å². The number of amides is 1. The van der Waals surface area contributed by atoms with Crippen LogP contribution >= 0.6 is 15.9 Å². The second-order valence-electron chi connectivity index (χ2n) is 6.32. The molecular weight excluding hydrogens is 442 g/mol. The Bertz CT molecular complexity index is 972. The van der Waals surface area contributed by atoms with E-state index in [1.807, 2.05) is 0 Å². The first kappa shape index (κ1) is 20.9. The third-order valence-electron chi connectivity index (χ3n) is 4.66. The molecule has 0 saturated carbocycles. The second-order valence-corrected chi connectivity index (χ2v) is 7.18. The number of nitrogens with zero attached hydrogens (tertiary/aromatic N) is 1. The fourth-order valence-corrected chi connectivity index (χ4v) is 3.70. The van der Waals surface area contributed by atoms with Crippen LogP contribution in [0.4, 0.5) is 4.79 Å². The average molecular weight is 464 g/mol. The molecule has 2 aromatic carbocycles. The number of ether oxygens (including phenoxy) is 3. The van der Waals surface area contributed by atoms with Crippen molar-refractivity contribution in [2.24, 2.45) is 0 Å². The smallest absolute Gasteiger partial charge is 0.414 e. The van der Waals surface area contributed by atoms with Crippen LogP contribution in [-0.2, 0) is 11.2 Å². The first-order valence-electron chi connectivity index (χ1n) is 9.02. The first-order chi connectivity index (χ1) is 13.9. The van der Waals surface area contributed by atoms with Crippen molar-refractivity contribution < 1.29 is 29.2 Å². The van der Waals surface area contributed by atoms with Gasteiger partial charge in [-0.2, -0.15) is 0 Å². The summed E-state index contributed by atoms with van der Waals surface area (Å²) in [7, 11) is 2.92. The summed E-state index contributed by atoms with van der Waals surface area (Å²) in [5.74, 6) is 0.548. The molecule has 0 radical (unpaired) electrons. The summed E-state index contributed by atoms with van der Waals surface area (Å²) in [6.07, 6.45) is 1.76. The van der Waals surface area contributed by atoms with Gasteiger partial charge in [-0.25, -0.2) is 4.79 Å². The van der Waals surface area contributed by atoms with Crippen LogP contribution in [0.5, 0.6) is 23.0 Å². The fraction of sp³-hybridized carbons (Fsp3) is 0.286. The summed E-state index contributed by atoms with van der Waals surface area (Å²) in [4.78, 5) is 14.2. The van der Waals surface area contributed by atoms with Crippen LogP contribution in [0.25, 0.3) is 11.8 Å². The normalized spacial score (nSPS) is 14.5. The molecule has 0 aromatic heterocycles. The zero-order valence-electron chi connectivity index (χ0n) is 16.4. The molecule has 1 amide bonds. The average Bonchev–Trinajstić information content (AvgIpc) is 2.70. The number of halogens is 1. The van der Waals surface area contributed by atoms with Gasteiger partial charge in [-0.3, -0.25) is 4.90 Å². The van der Waals surface area contributed by atoms with Crippen molar-refractivity contribution in [1.82, 2.24) is 4.90 Å². The minimum atomic E-state index is -0.480. The Hall–Kier alpha value is -2.87. The van der Waals surface area contributed by atoms with Gasteiger partial charge in [0.05, 0.1) is 26.5 Å². The van der Waals surface area contributed by atoms with Crippen LogP contribution < -0.4 is 9.47 Å². The monoisotopic (exact) mass is 463 g/mol. The Morgan fingerprint density at radius 1 is 1.24 bits per heavy atom. The number of hydrogen-bond acceptors (Lipinski definition) is 6. The van der Waals surface area contributed by atoms with E-state index in [4.69, 9.17) is 14.2 Å². The Morgan fingerprint density at radius 3 is 2.66 bits per heavy atom. The van der Waals surface area contributed by atoms with E-state index in [2.05, 4.69) is 15.9 Å². The van der Waals surface area contributed by atoms with Gasteiger partial charge in [0, 0.05) is 22.1 Å². The highest BCUT2D eigenvalue weighted by Crippen LogP contribution is 2.46. The van der Waals surface area contributed by atoms with E-state index in [0.717, 1.165) is 10.0 Å². The van der Waals surface area contributed by atoms with E-state index in [1.165, 1.54) is 19.1 Å². The maximum atomic E-state index is 12.6. The van der Waals surface area contributed by atoms with Crippen molar-refractivity contribution in [3.05, 3.63) is 45.4 Å². The molecule has 0 unspecified atom stereocenters. The Labute approximate surface area is 177 Å². The number of fused-ring (bicyclic) bond motifs is 1. The van der Waals surface area contributed by atoms with E-state index < -0.39 is 6.09 Å². The molecule has 1 aliphatic rings. The molecule has 2 aromatic rings. The molecule has 3 rings (SSSR count). The third kappa shape index (κ3) is 3.98. The van der Waals surface area contributed by atoms with Crippen molar-refractivity contribution in [2.75, 3.05) is 27.4 Å². The minimum absolute atomic E-state index is 0.0868. The van der Waals surface area contributed by atoms with Crippen LogP contribution in [0.1, 0.15) is 23.6 Å². The lowest BCUT2D eigenvalue weighted by atomic mass is 9.93. The van der Waals surface area contributed by atoms with E-state index in [0.29, 0.717) is 35.5 Å². The first-order valence-corrected chi connectivity index (χ1v) is 9.82. The largest absolute Gasteiger partial charge is 0.508 e. The van der Waals surface area contributed by atoms with Crippen molar-refractivity contribution >= 4 is 33.8 Å². The van der Waals surface area contributed by atoms with Crippen molar-refractivity contribution in [3.63, 3.8) is 0 Å². The molecule has 0 saturated heterocycles.